The van der Waals surface area contributed by atoms with Crippen LogP contribution in [0, 0.1) is 0 Å². The zero-order valence-corrected chi connectivity index (χ0v) is 15.4. The molecule has 2 aromatic carbocycles. The number of ketones is 1. The predicted octanol–water partition coefficient (Wildman–Crippen LogP) is 6.46. The highest BCUT2D eigenvalue weighted by molar-refractivity contribution is 7.99. The maximum absolute atomic E-state index is 11.7. The number of nitrogens with zero attached hydrogens (tertiary/aromatic N) is 1. The molecule has 0 aliphatic carbocycles. The van der Waals surface area contributed by atoms with Crippen molar-refractivity contribution in [2.75, 3.05) is 11.4 Å². The molecule has 0 unspecified atom stereocenters. The van der Waals surface area contributed by atoms with Gasteiger partial charge >= 0.3 is 0 Å². The quantitative estimate of drug-likeness (QED) is 0.426. The van der Waals surface area contributed by atoms with Crippen LogP contribution in [0.15, 0.2) is 52.3 Å². The third-order valence-electron chi connectivity index (χ3n) is 4.52. The SMILES string of the molecule is CCCCCCCN1c2ccccc2Sc2cc(C(C)=O)ccc21. The van der Waals surface area contributed by atoms with Crippen LogP contribution in [0.4, 0.5) is 11.4 Å². The summed E-state index contributed by atoms with van der Waals surface area (Å²) in [5, 5.41) is 0. The molecule has 2 nitrogen and oxygen atoms in total. The highest BCUT2D eigenvalue weighted by atomic mass is 32.2. The van der Waals surface area contributed by atoms with Crippen LogP contribution in [-0.4, -0.2) is 12.3 Å². The summed E-state index contributed by atoms with van der Waals surface area (Å²) in [4.78, 5) is 16.6. The molecular formula is C21H25NOS. The van der Waals surface area contributed by atoms with Crippen molar-refractivity contribution in [1.82, 2.24) is 0 Å². The largest absolute Gasteiger partial charge is 0.340 e. The standard InChI is InChI=1S/C21H25NOS/c1-3-4-5-6-9-14-22-18-10-7-8-11-20(18)24-21-15-17(16(2)23)12-13-19(21)22/h7-8,10-13,15H,3-6,9,14H2,1-2H3. The normalized spacial score (nSPS) is 12.7. The van der Waals surface area contributed by atoms with E-state index in [1.165, 1.54) is 53.3 Å². The molecule has 1 aliphatic heterocycles. The molecule has 0 atom stereocenters. The number of carbonyl (C=O) groups is 1. The molecule has 1 heterocycles. The Labute approximate surface area is 149 Å². The second-order valence-corrected chi connectivity index (χ2v) is 7.46. The number of para-hydroxylation sites is 1. The molecule has 0 amide bonds. The molecule has 0 saturated heterocycles. The van der Waals surface area contributed by atoms with Crippen LogP contribution in [0.2, 0.25) is 0 Å². The summed E-state index contributed by atoms with van der Waals surface area (Å²) in [5.74, 6) is 0.128. The van der Waals surface area contributed by atoms with Gasteiger partial charge in [0.1, 0.15) is 0 Å². The number of Topliss-reactive ketones (excluding diaryl/α,β-unsaturated/α-hetero) is 1. The molecule has 3 heteroatoms. The van der Waals surface area contributed by atoms with Crippen molar-refractivity contribution in [3.8, 4) is 0 Å². The second kappa shape index (κ2) is 7.89. The Morgan fingerprint density at radius 3 is 2.50 bits per heavy atom. The molecule has 126 valence electrons. The number of hydrogen-bond donors (Lipinski definition) is 0. The van der Waals surface area contributed by atoms with Crippen molar-refractivity contribution in [1.29, 1.82) is 0 Å². The first-order valence-corrected chi connectivity index (χ1v) is 9.71. The summed E-state index contributed by atoms with van der Waals surface area (Å²) in [6, 6.07) is 14.7. The molecule has 24 heavy (non-hydrogen) atoms. The summed E-state index contributed by atoms with van der Waals surface area (Å²) in [6.45, 7) is 4.92. The van der Waals surface area contributed by atoms with E-state index in [0.29, 0.717) is 0 Å². The van der Waals surface area contributed by atoms with Gasteiger partial charge in [-0.15, -0.1) is 0 Å². The van der Waals surface area contributed by atoms with Gasteiger partial charge in [0.15, 0.2) is 5.78 Å². The zero-order chi connectivity index (χ0) is 16.9. The van der Waals surface area contributed by atoms with E-state index in [0.717, 1.165) is 12.1 Å². The lowest BCUT2D eigenvalue weighted by molar-refractivity contribution is 0.101. The number of fused-ring (bicyclic) bond motifs is 2. The van der Waals surface area contributed by atoms with Crippen molar-refractivity contribution < 1.29 is 4.79 Å². The van der Waals surface area contributed by atoms with Crippen molar-refractivity contribution in [2.45, 2.75) is 55.7 Å². The van der Waals surface area contributed by atoms with Gasteiger partial charge in [0, 0.05) is 21.9 Å². The molecule has 0 spiro atoms. The fourth-order valence-corrected chi connectivity index (χ4v) is 4.30. The lowest BCUT2D eigenvalue weighted by Crippen LogP contribution is -2.22. The minimum Gasteiger partial charge on any atom is -0.340 e. The minimum absolute atomic E-state index is 0.128. The average molecular weight is 340 g/mol. The van der Waals surface area contributed by atoms with Gasteiger partial charge in [0.2, 0.25) is 0 Å². The average Bonchev–Trinajstić information content (AvgIpc) is 2.60. The van der Waals surface area contributed by atoms with Gasteiger partial charge in [0.25, 0.3) is 0 Å². The predicted molar refractivity (Wildman–Crippen MR) is 103 cm³/mol. The first kappa shape index (κ1) is 17.1. The lowest BCUT2D eigenvalue weighted by atomic mass is 10.1. The van der Waals surface area contributed by atoms with E-state index < -0.39 is 0 Å². The van der Waals surface area contributed by atoms with E-state index in [1.807, 2.05) is 12.1 Å². The number of carbonyl (C=O) groups excluding carboxylic acids is 1. The summed E-state index contributed by atoms with van der Waals surface area (Å²) in [5.41, 5.74) is 3.32. The van der Waals surface area contributed by atoms with E-state index in [9.17, 15) is 4.79 Å². The highest BCUT2D eigenvalue weighted by Gasteiger charge is 2.23. The van der Waals surface area contributed by atoms with Gasteiger partial charge in [-0.2, -0.15) is 0 Å². The molecule has 0 radical (unpaired) electrons. The topological polar surface area (TPSA) is 20.3 Å². The van der Waals surface area contributed by atoms with Gasteiger partial charge in [-0.05, 0) is 43.7 Å². The van der Waals surface area contributed by atoms with Crippen LogP contribution in [0.3, 0.4) is 0 Å². The fraction of sp³-hybridized carbons (Fsp3) is 0.381. The molecule has 0 bridgehead atoms. The van der Waals surface area contributed by atoms with Crippen LogP contribution in [0.25, 0.3) is 0 Å². The summed E-state index contributed by atoms with van der Waals surface area (Å²) in [7, 11) is 0. The van der Waals surface area contributed by atoms with Crippen LogP contribution < -0.4 is 4.90 Å². The van der Waals surface area contributed by atoms with E-state index in [2.05, 4.69) is 42.2 Å². The van der Waals surface area contributed by atoms with Crippen molar-refractivity contribution in [3.63, 3.8) is 0 Å². The van der Waals surface area contributed by atoms with Gasteiger partial charge in [0.05, 0.1) is 11.4 Å². The Morgan fingerprint density at radius 2 is 1.71 bits per heavy atom. The van der Waals surface area contributed by atoms with Crippen LogP contribution in [0.5, 0.6) is 0 Å². The Morgan fingerprint density at radius 1 is 0.958 bits per heavy atom. The van der Waals surface area contributed by atoms with Crippen LogP contribution in [-0.2, 0) is 0 Å². The van der Waals surface area contributed by atoms with Crippen molar-refractivity contribution in [2.24, 2.45) is 0 Å². The van der Waals surface area contributed by atoms with Gasteiger partial charge in [-0.3, -0.25) is 4.79 Å². The molecule has 1 aliphatic rings. The van der Waals surface area contributed by atoms with Gasteiger partial charge in [-0.25, -0.2) is 0 Å². The maximum Gasteiger partial charge on any atom is 0.159 e. The molecule has 2 aromatic rings. The summed E-state index contributed by atoms with van der Waals surface area (Å²) in [6.07, 6.45) is 6.40. The fourth-order valence-electron chi connectivity index (χ4n) is 3.17. The van der Waals surface area contributed by atoms with Crippen molar-refractivity contribution in [3.05, 3.63) is 48.0 Å². The Kier molecular flexibility index (Phi) is 5.62. The van der Waals surface area contributed by atoms with Crippen LogP contribution >= 0.6 is 11.8 Å². The number of unbranched alkanes of at least 4 members (excludes halogenated alkanes) is 4. The van der Waals surface area contributed by atoms with Gasteiger partial charge in [-0.1, -0.05) is 56.5 Å². The van der Waals surface area contributed by atoms with E-state index in [4.69, 9.17) is 0 Å². The number of benzene rings is 2. The molecule has 0 fully saturated rings. The lowest BCUT2D eigenvalue weighted by Gasteiger charge is -2.33. The number of rotatable bonds is 7. The smallest absolute Gasteiger partial charge is 0.159 e. The van der Waals surface area contributed by atoms with Crippen LogP contribution in [0.1, 0.15) is 56.3 Å². The first-order chi connectivity index (χ1) is 11.7. The third kappa shape index (κ3) is 3.67. The molecular weight excluding hydrogens is 314 g/mol. The third-order valence-corrected chi connectivity index (χ3v) is 5.63. The van der Waals surface area contributed by atoms with Gasteiger partial charge < -0.3 is 4.90 Å². The molecule has 0 N–H and O–H groups in total. The number of anilines is 2. The van der Waals surface area contributed by atoms with Crippen molar-refractivity contribution >= 4 is 28.9 Å². The molecule has 0 saturated carbocycles. The zero-order valence-electron chi connectivity index (χ0n) is 14.5. The second-order valence-electron chi connectivity index (χ2n) is 6.37. The first-order valence-electron chi connectivity index (χ1n) is 8.90. The minimum atomic E-state index is 0.128. The number of hydrogen-bond acceptors (Lipinski definition) is 3. The molecule has 3 rings (SSSR count). The highest BCUT2D eigenvalue weighted by Crippen LogP contribution is 2.48. The summed E-state index contributed by atoms with van der Waals surface area (Å²) >= 11 is 1.77. The summed E-state index contributed by atoms with van der Waals surface area (Å²) < 4.78 is 0. The van der Waals surface area contributed by atoms with E-state index in [-0.39, 0.29) is 5.78 Å². The maximum atomic E-state index is 11.7. The Bertz CT molecular complexity index is 726. The monoisotopic (exact) mass is 339 g/mol. The Hall–Kier alpha value is -1.74. The molecule has 0 aromatic heterocycles. The Balaban J connectivity index is 1.86. The van der Waals surface area contributed by atoms with E-state index >= 15 is 0 Å². The van der Waals surface area contributed by atoms with E-state index in [1.54, 1.807) is 18.7 Å².